The molecular weight excluding hydrogens is 220 g/mol. The number of hydrogen-bond donors (Lipinski definition) is 1. The third kappa shape index (κ3) is 2.18. The number of nitrogens with one attached hydrogen (secondary N) is 1. The second-order valence-corrected chi connectivity index (χ2v) is 5.13. The standard InChI is InChI=1S/C12H18N2O3/c1-7-4-3-5-9(7)6-14-11(16)8(2)10(15)13-12(14)17/h7-9H,3-6H2,1-2H3,(H,13,15,17). The van der Waals surface area contributed by atoms with Gasteiger partial charge in [0.25, 0.3) is 0 Å². The van der Waals surface area contributed by atoms with Crippen molar-refractivity contribution in [3.8, 4) is 0 Å². The van der Waals surface area contributed by atoms with Gasteiger partial charge in [-0.05, 0) is 25.2 Å². The van der Waals surface area contributed by atoms with Crippen molar-refractivity contribution in [2.45, 2.75) is 33.1 Å². The monoisotopic (exact) mass is 238 g/mol. The zero-order valence-corrected chi connectivity index (χ0v) is 10.2. The van der Waals surface area contributed by atoms with E-state index in [0.717, 1.165) is 19.3 Å². The van der Waals surface area contributed by atoms with Gasteiger partial charge in [-0.3, -0.25) is 19.8 Å². The minimum Gasteiger partial charge on any atom is -0.277 e. The Labute approximate surface area is 101 Å². The van der Waals surface area contributed by atoms with E-state index in [1.807, 2.05) is 0 Å². The molecule has 1 aliphatic carbocycles. The Morgan fingerprint density at radius 2 is 1.94 bits per heavy atom. The SMILES string of the molecule is CC1C(=O)NC(=O)N(CC2CCCC2C)C1=O. The van der Waals surface area contributed by atoms with E-state index in [9.17, 15) is 14.4 Å². The maximum absolute atomic E-state index is 11.9. The van der Waals surface area contributed by atoms with Crippen molar-refractivity contribution in [3.63, 3.8) is 0 Å². The maximum Gasteiger partial charge on any atom is 0.330 e. The summed E-state index contributed by atoms with van der Waals surface area (Å²) in [5.41, 5.74) is 0. The molecule has 0 bridgehead atoms. The summed E-state index contributed by atoms with van der Waals surface area (Å²) in [4.78, 5) is 36.0. The molecule has 1 saturated carbocycles. The predicted molar refractivity (Wildman–Crippen MR) is 60.9 cm³/mol. The Morgan fingerprint density at radius 1 is 1.24 bits per heavy atom. The minimum absolute atomic E-state index is 0.363. The number of carbonyl (C=O) groups excluding carboxylic acids is 3. The third-order valence-electron chi connectivity index (χ3n) is 3.96. The molecule has 3 unspecified atom stereocenters. The van der Waals surface area contributed by atoms with E-state index in [2.05, 4.69) is 12.2 Å². The molecule has 4 amide bonds. The van der Waals surface area contributed by atoms with Gasteiger partial charge in [-0.2, -0.15) is 0 Å². The average Bonchev–Trinajstić information content (AvgIpc) is 2.67. The van der Waals surface area contributed by atoms with Crippen LogP contribution in [0.3, 0.4) is 0 Å². The number of urea groups is 1. The third-order valence-corrected chi connectivity index (χ3v) is 3.96. The molecule has 2 rings (SSSR count). The van der Waals surface area contributed by atoms with Gasteiger partial charge in [0.2, 0.25) is 11.8 Å². The van der Waals surface area contributed by atoms with Crippen LogP contribution in [0.5, 0.6) is 0 Å². The van der Waals surface area contributed by atoms with Gasteiger partial charge >= 0.3 is 6.03 Å². The average molecular weight is 238 g/mol. The molecule has 17 heavy (non-hydrogen) atoms. The summed E-state index contributed by atoms with van der Waals surface area (Å²) in [5, 5.41) is 2.23. The first kappa shape index (κ1) is 12.1. The van der Waals surface area contributed by atoms with Crippen LogP contribution in [0.25, 0.3) is 0 Å². The molecule has 1 saturated heterocycles. The van der Waals surface area contributed by atoms with E-state index in [0.29, 0.717) is 18.4 Å². The lowest BCUT2D eigenvalue weighted by atomic mass is 9.96. The first-order valence-corrected chi connectivity index (χ1v) is 6.17. The Hall–Kier alpha value is -1.39. The summed E-state index contributed by atoms with van der Waals surface area (Å²) < 4.78 is 0. The zero-order chi connectivity index (χ0) is 12.6. The van der Waals surface area contributed by atoms with Crippen molar-refractivity contribution in [1.29, 1.82) is 0 Å². The van der Waals surface area contributed by atoms with Crippen molar-refractivity contribution < 1.29 is 14.4 Å². The Morgan fingerprint density at radius 3 is 2.53 bits per heavy atom. The van der Waals surface area contributed by atoms with Gasteiger partial charge in [-0.25, -0.2) is 4.79 Å². The Balaban J connectivity index is 2.06. The second kappa shape index (κ2) is 4.47. The van der Waals surface area contributed by atoms with Gasteiger partial charge < -0.3 is 0 Å². The number of barbiturate groups is 1. The highest BCUT2D eigenvalue weighted by molar-refractivity contribution is 6.15. The smallest absolute Gasteiger partial charge is 0.277 e. The van der Waals surface area contributed by atoms with E-state index >= 15 is 0 Å². The Kier molecular flexibility index (Phi) is 3.17. The summed E-state index contributed by atoms with van der Waals surface area (Å²) >= 11 is 0. The van der Waals surface area contributed by atoms with Crippen LogP contribution in [0.2, 0.25) is 0 Å². The summed E-state index contributed by atoms with van der Waals surface area (Å²) in [5.74, 6) is -0.674. The topological polar surface area (TPSA) is 66.5 Å². The van der Waals surface area contributed by atoms with E-state index < -0.39 is 17.9 Å². The van der Waals surface area contributed by atoms with E-state index in [1.165, 1.54) is 11.8 Å². The van der Waals surface area contributed by atoms with Crippen LogP contribution in [0.15, 0.2) is 0 Å². The second-order valence-electron chi connectivity index (χ2n) is 5.13. The predicted octanol–water partition coefficient (Wildman–Crippen LogP) is 1.14. The molecule has 94 valence electrons. The highest BCUT2D eigenvalue weighted by Gasteiger charge is 2.39. The van der Waals surface area contributed by atoms with Crippen molar-refractivity contribution in [2.24, 2.45) is 17.8 Å². The summed E-state index contributed by atoms with van der Waals surface area (Å²) in [6, 6.07) is -0.558. The van der Waals surface area contributed by atoms with Crippen LogP contribution in [-0.4, -0.2) is 29.3 Å². The van der Waals surface area contributed by atoms with Crippen molar-refractivity contribution in [1.82, 2.24) is 10.2 Å². The molecule has 1 N–H and O–H groups in total. The normalized spacial score (nSPS) is 34.1. The fourth-order valence-corrected chi connectivity index (χ4v) is 2.63. The molecular formula is C12H18N2O3. The fraction of sp³-hybridized carbons (Fsp3) is 0.750. The maximum atomic E-state index is 11.9. The van der Waals surface area contributed by atoms with Crippen molar-refractivity contribution in [3.05, 3.63) is 0 Å². The lowest BCUT2D eigenvalue weighted by Gasteiger charge is -2.31. The fourth-order valence-electron chi connectivity index (χ4n) is 2.63. The molecule has 0 aromatic carbocycles. The highest BCUT2D eigenvalue weighted by Crippen LogP contribution is 2.32. The van der Waals surface area contributed by atoms with Crippen LogP contribution in [0.1, 0.15) is 33.1 Å². The quantitative estimate of drug-likeness (QED) is 0.733. The number of rotatable bonds is 2. The first-order valence-electron chi connectivity index (χ1n) is 6.17. The van der Waals surface area contributed by atoms with Crippen molar-refractivity contribution >= 4 is 17.8 Å². The van der Waals surface area contributed by atoms with E-state index in [4.69, 9.17) is 0 Å². The van der Waals surface area contributed by atoms with Gasteiger partial charge in [0.05, 0.1) is 0 Å². The molecule has 0 spiro atoms. The molecule has 2 aliphatic rings. The molecule has 5 heteroatoms. The van der Waals surface area contributed by atoms with Crippen LogP contribution in [-0.2, 0) is 9.59 Å². The van der Waals surface area contributed by atoms with Crippen LogP contribution in [0.4, 0.5) is 4.79 Å². The Bertz CT molecular complexity index is 367. The lowest BCUT2D eigenvalue weighted by molar-refractivity contribution is -0.142. The number of nitrogens with zero attached hydrogens (tertiary/aromatic N) is 1. The number of carbonyl (C=O) groups is 3. The number of hydrogen-bond acceptors (Lipinski definition) is 3. The molecule has 0 aromatic rings. The lowest BCUT2D eigenvalue weighted by Crippen LogP contribution is -2.58. The molecule has 0 aromatic heterocycles. The molecule has 5 nitrogen and oxygen atoms in total. The van der Waals surface area contributed by atoms with Gasteiger partial charge in [0.15, 0.2) is 0 Å². The highest BCUT2D eigenvalue weighted by atomic mass is 16.2. The zero-order valence-electron chi connectivity index (χ0n) is 10.2. The van der Waals surface area contributed by atoms with E-state index in [1.54, 1.807) is 0 Å². The summed E-state index contributed by atoms with van der Waals surface area (Å²) in [7, 11) is 0. The van der Waals surface area contributed by atoms with E-state index in [-0.39, 0.29) is 5.91 Å². The van der Waals surface area contributed by atoms with Crippen LogP contribution < -0.4 is 5.32 Å². The van der Waals surface area contributed by atoms with Gasteiger partial charge in [0, 0.05) is 6.54 Å². The molecule has 2 fully saturated rings. The van der Waals surface area contributed by atoms with Crippen LogP contribution in [0, 0.1) is 17.8 Å². The summed E-state index contributed by atoms with van der Waals surface area (Å²) in [6.07, 6.45) is 3.37. The summed E-state index contributed by atoms with van der Waals surface area (Å²) in [6.45, 7) is 4.14. The number of imide groups is 2. The number of amides is 4. The van der Waals surface area contributed by atoms with Crippen molar-refractivity contribution in [2.75, 3.05) is 6.54 Å². The largest absolute Gasteiger partial charge is 0.330 e. The molecule has 1 heterocycles. The molecule has 1 aliphatic heterocycles. The van der Waals surface area contributed by atoms with Gasteiger partial charge in [-0.15, -0.1) is 0 Å². The van der Waals surface area contributed by atoms with Crippen LogP contribution >= 0.6 is 0 Å². The molecule has 0 radical (unpaired) electrons. The molecule has 3 atom stereocenters. The van der Waals surface area contributed by atoms with Gasteiger partial charge in [-0.1, -0.05) is 19.8 Å². The first-order chi connectivity index (χ1) is 8.00. The van der Waals surface area contributed by atoms with Gasteiger partial charge in [0.1, 0.15) is 5.92 Å². The minimum atomic E-state index is -0.746.